The first-order chi connectivity index (χ1) is 9.64. The van der Waals surface area contributed by atoms with Crippen LogP contribution in [0.15, 0.2) is 0 Å². The van der Waals surface area contributed by atoms with Gasteiger partial charge in [0.25, 0.3) is 0 Å². The van der Waals surface area contributed by atoms with Crippen LogP contribution in [0.5, 0.6) is 0 Å². The van der Waals surface area contributed by atoms with E-state index in [2.05, 4.69) is 10.6 Å². The Morgan fingerprint density at radius 2 is 2.05 bits per heavy atom. The smallest absolute Gasteiger partial charge is 0.337 e. The van der Waals surface area contributed by atoms with Gasteiger partial charge in [-0.05, 0) is 33.1 Å². The number of nitrogens with zero attached hydrogens (tertiary/aromatic N) is 1. The molecular formula is C14H22F3N3O. The molecule has 2 amide bonds. The van der Waals surface area contributed by atoms with Gasteiger partial charge in [-0.1, -0.05) is 0 Å². The maximum Gasteiger partial charge on any atom is 0.396 e. The number of urea groups is 1. The molecular weight excluding hydrogens is 283 g/mol. The number of fused-ring (bicyclic) bond motifs is 1. The number of carbonyl (C=O) groups is 1. The van der Waals surface area contributed by atoms with Gasteiger partial charge in [0.2, 0.25) is 0 Å². The van der Waals surface area contributed by atoms with Crippen LogP contribution in [0, 0.1) is 10.8 Å². The zero-order valence-corrected chi connectivity index (χ0v) is 12.4. The van der Waals surface area contributed by atoms with E-state index in [1.165, 1.54) is 0 Å². The Hall–Kier alpha value is -0.980. The van der Waals surface area contributed by atoms with E-state index in [0.717, 1.165) is 12.8 Å². The number of amides is 2. The number of halogens is 3. The summed E-state index contributed by atoms with van der Waals surface area (Å²) in [5.74, 6) is 0. The molecule has 3 rings (SSSR count). The third-order valence-electron chi connectivity index (χ3n) is 5.69. The largest absolute Gasteiger partial charge is 0.396 e. The maximum absolute atomic E-state index is 13.2. The molecule has 7 heteroatoms. The van der Waals surface area contributed by atoms with Crippen molar-refractivity contribution < 1.29 is 18.0 Å². The van der Waals surface area contributed by atoms with Gasteiger partial charge in [0, 0.05) is 37.1 Å². The fraction of sp³-hybridized carbons (Fsp3) is 0.929. The van der Waals surface area contributed by atoms with Gasteiger partial charge in [0.15, 0.2) is 0 Å². The average molecular weight is 305 g/mol. The predicted octanol–water partition coefficient (Wildman–Crippen LogP) is 2.11. The first-order valence-electron chi connectivity index (χ1n) is 7.47. The van der Waals surface area contributed by atoms with Crippen LogP contribution < -0.4 is 10.6 Å². The van der Waals surface area contributed by atoms with Crippen LogP contribution in [0.3, 0.4) is 0 Å². The zero-order chi connectivity index (χ0) is 15.5. The second-order valence-corrected chi connectivity index (χ2v) is 7.37. The lowest BCUT2D eigenvalue weighted by Crippen LogP contribution is -2.50. The van der Waals surface area contributed by atoms with E-state index in [1.54, 1.807) is 4.90 Å². The number of hydrogen-bond acceptors (Lipinski definition) is 2. The molecule has 120 valence electrons. The highest BCUT2D eigenvalue weighted by molar-refractivity contribution is 5.75. The fourth-order valence-corrected chi connectivity index (χ4v) is 4.15. The quantitative estimate of drug-likeness (QED) is 0.821. The van der Waals surface area contributed by atoms with Crippen molar-refractivity contribution >= 4 is 6.03 Å². The highest BCUT2D eigenvalue weighted by atomic mass is 19.4. The average Bonchev–Trinajstić information content (AvgIpc) is 2.68. The molecule has 0 spiro atoms. The third-order valence-corrected chi connectivity index (χ3v) is 5.69. The Labute approximate surface area is 122 Å². The summed E-state index contributed by atoms with van der Waals surface area (Å²) in [5, 5.41) is 5.58. The van der Waals surface area contributed by atoms with Crippen LogP contribution in [0.1, 0.15) is 33.1 Å². The molecule has 0 aromatic rings. The highest BCUT2D eigenvalue weighted by Crippen LogP contribution is 2.72. The summed E-state index contributed by atoms with van der Waals surface area (Å²) < 4.78 is 39.7. The summed E-state index contributed by atoms with van der Waals surface area (Å²) in [6.07, 6.45) is -2.20. The van der Waals surface area contributed by atoms with Gasteiger partial charge in [0.05, 0.1) is 5.41 Å². The Morgan fingerprint density at radius 3 is 2.57 bits per heavy atom. The molecule has 2 N–H and O–H groups in total. The molecule has 2 heterocycles. The third kappa shape index (κ3) is 2.04. The number of alkyl halides is 3. The number of carbonyl (C=O) groups excluding carboxylic acids is 1. The van der Waals surface area contributed by atoms with Crippen molar-refractivity contribution in [1.29, 1.82) is 0 Å². The van der Waals surface area contributed by atoms with E-state index in [0.29, 0.717) is 13.1 Å². The SMILES string of the molecule is CC1(C)CCCN1C(=O)NC[C@@]12CNC[C@]1(C(F)(F)F)C2. The molecule has 0 aromatic carbocycles. The summed E-state index contributed by atoms with van der Waals surface area (Å²) in [5.41, 5.74) is -2.68. The van der Waals surface area contributed by atoms with Crippen LogP contribution >= 0.6 is 0 Å². The van der Waals surface area contributed by atoms with Crippen molar-refractivity contribution in [2.24, 2.45) is 10.8 Å². The molecule has 2 atom stereocenters. The van der Waals surface area contributed by atoms with Crippen molar-refractivity contribution in [2.45, 2.75) is 44.8 Å². The van der Waals surface area contributed by atoms with E-state index in [-0.39, 0.29) is 31.1 Å². The number of rotatable bonds is 2. The second-order valence-electron chi connectivity index (χ2n) is 7.37. The minimum absolute atomic E-state index is 0.0262. The number of piperidine rings is 1. The molecule has 1 aliphatic carbocycles. The van der Waals surface area contributed by atoms with E-state index in [4.69, 9.17) is 0 Å². The van der Waals surface area contributed by atoms with Crippen LogP contribution in [0.2, 0.25) is 0 Å². The van der Waals surface area contributed by atoms with E-state index in [9.17, 15) is 18.0 Å². The molecule has 0 unspecified atom stereocenters. The standard InChI is InChI=1S/C14H22F3N3O/c1-11(2)4-3-5-20(11)10(21)19-8-12-6-13(12,9-18-7-12)14(15,16)17/h18H,3-9H2,1-2H3,(H,19,21)/t12-,13-/m1/s1. The van der Waals surface area contributed by atoms with Gasteiger partial charge in [0.1, 0.15) is 0 Å². The lowest BCUT2D eigenvalue weighted by atomic mass is 9.95. The summed E-state index contributed by atoms with van der Waals surface area (Å²) in [6, 6.07) is -0.234. The van der Waals surface area contributed by atoms with Crippen molar-refractivity contribution in [3.05, 3.63) is 0 Å². The van der Waals surface area contributed by atoms with Crippen molar-refractivity contribution in [3.63, 3.8) is 0 Å². The summed E-state index contributed by atoms with van der Waals surface area (Å²) in [6.45, 7) is 5.06. The Kier molecular flexibility index (Phi) is 3.04. The Bertz CT molecular complexity index is 465. The maximum atomic E-state index is 13.2. The van der Waals surface area contributed by atoms with E-state index in [1.807, 2.05) is 13.8 Å². The number of hydrogen-bond donors (Lipinski definition) is 2. The number of likely N-dealkylation sites (tertiary alicyclic amines) is 1. The minimum Gasteiger partial charge on any atom is -0.337 e. The Morgan fingerprint density at radius 1 is 1.33 bits per heavy atom. The van der Waals surface area contributed by atoms with Crippen LogP contribution in [0.25, 0.3) is 0 Å². The number of nitrogens with one attached hydrogen (secondary N) is 2. The molecule has 3 aliphatic rings. The summed E-state index contributed by atoms with van der Waals surface area (Å²) >= 11 is 0. The fourth-order valence-electron chi connectivity index (χ4n) is 4.15. The first-order valence-corrected chi connectivity index (χ1v) is 7.47. The van der Waals surface area contributed by atoms with Gasteiger partial charge < -0.3 is 15.5 Å². The van der Waals surface area contributed by atoms with Crippen molar-refractivity contribution in [3.8, 4) is 0 Å². The first kappa shape index (κ1) is 14.9. The van der Waals surface area contributed by atoms with Gasteiger partial charge in [-0.2, -0.15) is 13.2 Å². The molecule has 1 saturated carbocycles. The molecule has 4 nitrogen and oxygen atoms in total. The van der Waals surface area contributed by atoms with Gasteiger partial charge in [-0.25, -0.2) is 4.79 Å². The second kappa shape index (κ2) is 4.27. The lowest BCUT2D eigenvalue weighted by Gasteiger charge is -2.32. The van der Waals surface area contributed by atoms with Crippen molar-refractivity contribution in [1.82, 2.24) is 15.5 Å². The van der Waals surface area contributed by atoms with Crippen molar-refractivity contribution in [2.75, 3.05) is 26.2 Å². The molecule has 2 saturated heterocycles. The highest BCUT2D eigenvalue weighted by Gasteiger charge is 2.81. The Balaban J connectivity index is 1.63. The normalized spacial score (nSPS) is 37.5. The molecule has 0 aromatic heterocycles. The van der Waals surface area contributed by atoms with Gasteiger partial charge in [-0.3, -0.25) is 0 Å². The lowest BCUT2D eigenvalue weighted by molar-refractivity contribution is -0.190. The molecule has 0 bridgehead atoms. The minimum atomic E-state index is -4.20. The molecule has 0 radical (unpaired) electrons. The molecule has 2 aliphatic heterocycles. The van der Waals surface area contributed by atoms with Crippen LogP contribution in [-0.2, 0) is 0 Å². The summed E-state index contributed by atoms with van der Waals surface area (Å²) in [4.78, 5) is 14.0. The predicted molar refractivity (Wildman–Crippen MR) is 71.8 cm³/mol. The van der Waals surface area contributed by atoms with Crippen LogP contribution in [-0.4, -0.2) is 48.8 Å². The van der Waals surface area contributed by atoms with Gasteiger partial charge in [-0.15, -0.1) is 0 Å². The van der Waals surface area contributed by atoms with Crippen LogP contribution in [0.4, 0.5) is 18.0 Å². The van der Waals surface area contributed by atoms with E-state index >= 15 is 0 Å². The molecule has 3 fully saturated rings. The summed E-state index contributed by atoms with van der Waals surface area (Å²) in [7, 11) is 0. The van der Waals surface area contributed by atoms with E-state index < -0.39 is 17.0 Å². The monoisotopic (exact) mass is 305 g/mol. The van der Waals surface area contributed by atoms with Gasteiger partial charge >= 0.3 is 12.2 Å². The molecule has 21 heavy (non-hydrogen) atoms. The zero-order valence-electron chi connectivity index (χ0n) is 12.4. The topological polar surface area (TPSA) is 44.4 Å².